The summed E-state index contributed by atoms with van der Waals surface area (Å²) in [4.78, 5) is 22.8. The maximum atomic E-state index is 5.13. The third-order valence-corrected chi connectivity index (χ3v) is 8.38. The highest BCUT2D eigenvalue weighted by Gasteiger charge is 2.29. The Bertz CT molecular complexity index is 1840. The quantitative estimate of drug-likeness (QED) is 0.251. The number of imidazole rings is 1. The number of aromatic amines is 1. The summed E-state index contributed by atoms with van der Waals surface area (Å²) in [6, 6.07) is 32.3. The molecular weight excluding hydrogens is 506 g/mol. The van der Waals surface area contributed by atoms with Crippen LogP contribution in [-0.2, 0) is 6.54 Å². The van der Waals surface area contributed by atoms with Crippen molar-refractivity contribution in [1.82, 2.24) is 24.8 Å². The van der Waals surface area contributed by atoms with E-state index in [0.29, 0.717) is 6.04 Å². The number of likely N-dealkylation sites (tertiary alicyclic amines) is 1. The maximum Gasteiger partial charge on any atom is 0.139 e. The third kappa shape index (κ3) is 4.48. The van der Waals surface area contributed by atoms with E-state index in [9.17, 15) is 0 Å². The number of fused-ring (bicyclic) bond motifs is 3. The summed E-state index contributed by atoms with van der Waals surface area (Å²) in [6.45, 7) is 5.28. The highest BCUT2D eigenvalue weighted by Crippen LogP contribution is 2.37. The second-order valence-electron chi connectivity index (χ2n) is 10.9. The summed E-state index contributed by atoms with van der Waals surface area (Å²) >= 11 is 0. The van der Waals surface area contributed by atoms with Crippen molar-refractivity contribution in [3.05, 3.63) is 110 Å². The highest BCUT2D eigenvalue weighted by molar-refractivity contribution is 5.94. The molecular formula is C34H30N7. The molecule has 1 saturated heterocycles. The van der Waals surface area contributed by atoms with Gasteiger partial charge in [-0.05, 0) is 42.7 Å². The lowest BCUT2D eigenvalue weighted by molar-refractivity contribution is 0.204. The number of aromatic nitrogens is 4. The normalized spacial score (nSPS) is 15.9. The van der Waals surface area contributed by atoms with E-state index in [0.717, 1.165) is 77.1 Å². The number of hydrogen-bond donors (Lipinski definition) is 2. The van der Waals surface area contributed by atoms with Gasteiger partial charge in [0, 0.05) is 36.8 Å². The van der Waals surface area contributed by atoms with Crippen molar-refractivity contribution in [2.45, 2.75) is 25.4 Å². The first-order valence-electron chi connectivity index (χ1n) is 14.3. The van der Waals surface area contributed by atoms with Gasteiger partial charge in [-0.2, -0.15) is 0 Å². The molecule has 0 saturated carbocycles. The van der Waals surface area contributed by atoms with Crippen LogP contribution in [0.15, 0.2) is 97.3 Å². The van der Waals surface area contributed by atoms with Gasteiger partial charge in [-0.25, -0.2) is 15.0 Å². The molecule has 4 heterocycles. The van der Waals surface area contributed by atoms with Crippen LogP contribution in [0.3, 0.4) is 0 Å². The van der Waals surface area contributed by atoms with Crippen molar-refractivity contribution in [2.75, 3.05) is 23.3 Å². The Labute approximate surface area is 238 Å². The van der Waals surface area contributed by atoms with E-state index < -0.39 is 0 Å². The van der Waals surface area contributed by atoms with E-state index in [1.54, 1.807) is 6.33 Å². The van der Waals surface area contributed by atoms with Gasteiger partial charge in [0.1, 0.15) is 6.67 Å². The number of anilines is 2. The van der Waals surface area contributed by atoms with E-state index in [2.05, 4.69) is 92.4 Å². The molecule has 1 radical (unpaired) electrons. The van der Waals surface area contributed by atoms with Crippen molar-refractivity contribution in [2.24, 2.45) is 0 Å². The minimum Gasteiger partial charge on any atom is -0.360 e. The summed E-state index contributed by atoms with van der Waals surface area (Å²) < 4.78 is 0. The SMILES string of the molecule is [CH]1Nc2ccccc2N1C1CCN(Cc2ccc(-c3nc4cc5[nH]cnc5cc4nc3-c3ccccc3)cc2)CC1. The molecule has 2 aromatic heterocycles. The molecule has 0 atom stereocenters. The first kappa shape index (κ1) is 24.1. The molecule has 0 amide bonds. The molecule has 7 nitrogen and oxygen atoms in total. The Hall–Kier alpha value is -4.75. The number of hydrogen-bond acceptors (Lipinski definition) is 6. The van der Waals surface area contributed by atoms with Gasteiger partial charge in [0.2, 0.25) is 0 Å². The van der Waals surface area contributed by atoms with Crippen LogP contribution in [0.2, 0.25) is 0 Å². The summed E-state index contributed by atoms with van der Waals surface area (Å²) in [5.41, 5.74) is 11.3. The average Bonchev–Trinajstić information content (AvgIpc) is 3.67. The van der Waals surface area contributed by atoms with Crippen LogP contribution in [-0.4, -0.2) is 44.0 Å². The molecule has 1 fully saturated rings. The van der Waals surface area contributed by atoms with Gasteiger partial charge in [-0.1, -0.05) is 66.7 Å². The lowest BCUT2D eigenvalue weighted by atomic mass is 10.0. The number of para-hydroxylation sites is 2. The zero-order valence-electron chi connectivity index (χ0n) is 22.7. The zero-order valence-corrected chi connectivity index (χ0v) is 22.7. The second kappa shape index (κ2) is 10.0. The predicted octanol–water partition coefficient (Wildman–Crippen LogP) is 6.86. The first-order valence-corrected chi connectivity index (χ1v) is 14.3. The summed E-state index contributed by atoms with van der Waals surface area (Å²) in [7, 11) is 0. The summed E-state index contributed by atoms with van der Waals surface area (Å²) in [6.07, 6.45) is 4.02. The standard InChI is InChI=1S/C34H30N7/c1-2-6-24(7-3-1)33-34(39-31-19-29-28(35-21-36-29)18-30(31)38-33)25-12-10-23(11-13-25)20-40-16-14-26(15-17-40)41-22-37-27-8-4-5-9-32(27)41/h1-13,18-19,21-22,26,37H,14-17,20H2,(H,35,36). The topological polar surface area (TPSA) is 73.0 Å². The third-order valence-electron chi connectivity index (χ3n) is 8.38. The van der Waals surface area contributed by atoms with Crippen molar-refractivity contribution in [3.8, 4) is 22.5 Å². The molecule has 201 valence electrons. The molecule has 7 heteroatoms. The summed E-state index contributed by atoms with van der Waals surface area (Å²) in [5.74, 6) is 0. The zero-order chi connectivity index (χ0) is 27.2. The van der Waals surface area contributed by atoms with E-state index >= 15 is 0 Å². The van der Waals surface area contributed by atoms with Gasteiger partial charge in [-0.3, -0.25) is 4.90 Å². The molecule has 2 aliphatic rings. The molecule has 8 rings (SSSR count). The highest BCUT2D eigenvalue weighted by atomic mass is 15.3. The molecule has 0 unspecified atom stereocenters. The molecule has 0 bridgehead atoms. The number of H-pyrrole nitrogens is 1. The minimum atomic E-state index is 0.538. The number of nitrogens with one attached hydrogen (secondary N) is 2. The lowest BCUT2D eigenvalue weighted by Gasteiger charge is -2.37. The number of piperidine rings is 1. The number of nitrogens with zero attached hydrogens (tertiary/aromatic N) is 5. The smallest absolute Gasteiger partial charge is 0.139 e. The lowest BCUT2D eigenvalue weighted by Crippen LogP contribution is -2.43. The Balaban J connectivity index is 1.02. The molecule has 6 aromatic rings. The fourth-order valence-electron chi connectivity index (χ4n) is 6.20. The Morgan fingerprint density at radius 2 is 1.44 bits per heavy atom. The maximum absolute atomic E-state index is 5.13. The van der Waals surface area contributed by atoms with Gasteiger partial charge in [-0.15, -0.1) is 0 Å². The van der Waals surface area contributed by atoms with Crippen LogP contribution in [0.5, 0.6) is 0 Å². The van der Waals surface area contributed by atoms with Crippen LogP contribution in [0.25, 0.3) is 44.6 Å². The van der Waals surface area contributed by atoms with Gasteiger partial charge in [0.25, 0.3) is 0 Å². The predicted molar refractivity (Wildman–Crippen MR) is 165 cm³/mol. The summed E-state index contributed by atoms with van der Waals surface area (Å²) in [5, 5.41) is 3.42. The van der Waals surface area contributed by atoms with Gasteiger partial charge in [0.05, 0.1) is 51.2 Å². The van der Waals surface area contributed by atoms with Gasteiger partial charge in [0.15, 0.2) is 0 Å². The van der Waals surface area contributed by atoms with E-state index in [4.69, 9.17) is 9.97 Å². The molecule has 0 spiro atoms. The minimum absolute atomic E-state index is 0.538. The first-order chi connectivity index (χ1) is 20.3. The van der Waals surface area contributed by atoms with Crippen molar-refractivity contribution >= 4 is 33.4 Å². The van der Waals surface area contributed by atoms with Crippen LogP contribution < -0.4 is 10.2 Å². The average molecular weight is 537 g/mol. The molecule has 2 N–H and O–H groups in total. The molecule has 0 aliphatic carbocycles. The van der Waals surface area contributed by atoms with Crippen LogP contribution in [0, 0.1) is 6.67 Å². The van der Waals surface area contributed by atoms with Crippen LogP contribution >= 0.6 is 0 Å². The molecule has 4 aromatic carbocycles. The van der Waals surface area contributed by atoms with E-state index in [-0.39, 0.29) is 0 Å². The number of rotatable bonds is 5. The van der Waals surface area contributed by atoms with Crippen molar-refractivity contribution < 1.29 is 0 Å². The van der Waals surface area contributed by atoms with Gasteiger partial charge >= 0.3 is 0 Å². The fourth-order valence-corrected chi connectivity index (χ4v) is 6.20. The van der Waals surface area contributed by atoms with Crippen molar-refractivity contribution in [3.63, 3.8) is 0 Å². The van der Waals surface area contributed by atoms with Crippen LogP contribution in [0.1, 0.15) is 18.4 Å². The Morgan fingerprint density at radius 3 is 2.24 bits per heavy atom. The Kier molecular flexibility index (Phi) is 5.88. The number of benzene rings is 4. The molecule has 2 aliphatic heterocycles. The second-order valence-corrected chi connectivity index (χ2v) is 10.9. The van der Waals surface area contributed by atoms with Gasteiger partial charge < -0.3 is 15.2 Å². The Morgan fingerprint density at radius 1 is 0.732 bits per heavy atom. The van der Waals surface area contributed by atoms with E-state index in [1.807, 2.05) is 30.3 Å². The monoisotopic (exact) mass is 536 g/mol. The fraction of sp³-hybridized carbons (Fsp3) is 0.176. The largest absolute Gasteiger partial charge is 0.360 e. The van der Waals surface area contributed by atoms with Crippen LogP contribution in [0.4, 0.5) is 11.4 Å². The van der Waals surface area contributed by atoms with E-state index in [1.165, 1.54) is 16.9 Å². The van der Waals surface area contributed by atoms with Crippen molar-refractivity contribution in [1.29, 1.82) is 0 Å². The molecule has 41 heavy (non-hydrogen) atoms.